The minimum Gasteiger partial charge on any atom is -0.378 e. The highest BCUT2D eigenvalue weighted by atomic mass is 16.5. The number of aromatic amines is 1. The zero-order valence-electron chi connectivity index (χ0n) is 17.9. The molecule has 1 atom stereocenters. The lowest BCUT2D eigenvalue weighted by atomic mass is 10.00. The molecule has 2 aliphatic rings. The normalized spacial score (nSPS) is 19.3. The van der Waals surface area contributed by atoms with Crippen LogP contribution in [0.3, 0.4) is 0 Å². The molecule has 0 bridgehead atoms. The SMILES string of the molecule is CC1=C(c2ccc3[nH]c(-c4nc(C)no4)cc3c2)N=C(C(=O)CCC2CCCCO2)C1. The van der Waals surface area contributed by atoms with Gasteiger partial charge in [-0.05, 0) is 63.3 Å². The van der Waals surface area contributed by atoms with Crippen LogP contribution in [0.1, 0.15) is 56.8 Å². The quantitative estimate of drug-likeness (QED) is 0.607. The summed E-state index contributed by atoms with van der Waals surface area (Å²) in [4.78, 5) is 25.1. The number of H-pyrrole nitrogens is 1. The zero-order valence-corrected chi connectivity index (χ0v) is 17.9. The van der Waals surface area contributed by atoms with Crippen LogP contribution in [0.4, 0.5) is 0 Å². The number of hydrogen-bond donors (Lipinski definition) is 1. The Morgan fingerprint density at radius 2 is 2.13 bits per heavy atom. The summed E-state index contributed by atoms with van der Waals surface area (Å²) in [7, 11) is 0. The van der Waals surface area contributed by atoms with Crippen LogP contribution in [0.15, 0.2) is 39.4 Å². The number of rotatable bonds is 6. The molecule has 0 amide bonds. The highest BCUT2D eigenvalue weighted by molar-refractivity contribution is 6.42. The predicted molar refractivity (Wildman–Crippen MR) is 119 cm³/mol. The summed E-state index contributed by atoms with van der Waals surface area (Å²) >= 11 is 0. The minimum absolute atomic E-state index is 0.139. The van der Waals surface area contributed by atoms with Crippen LogP contribution < -0.4 is 0 Å². The van der Waals surface area contributed by atoms with E-state index in [4.69, 9.17) is 14.3 Å². The number of carbonyl (C=O) groups is 1. The van der Waals surface area contributed by atoms with Crippen molar-refractivity contribution in [3.05, 3.63) is 41.2 Å². The van der Waals surface area contributed by atoms with Crippen LogP contribution in [-0.2, 0) is 9.53 Å². The van der Waals surface area contributed by atoms with Crippen LogP contribution in [0.5, 0.6) is 0 Å². The van der Waals surface area contributed by atoms with Gasteiger partial charge in [-0.3, -0.25) is 4.79 Å². The summed E-state index contributed by atoms with van der Waals surface area (Å²) < 4.78 is 11.0. The number of ether oxygens (including phenoxy) is 1. The first kappa shape index (κ1) is 19.9. The lowest BCUT2D eigenvalue weighted by molar-refractivity contribution is -0.114. The maximum absolute atomic E-state index is 12.7. The Labute approximate surface area is 180 Å². The van der Waals surface area contributed by atoms with Gasteiger partial charge in [-0.25, -0.2) is 4.99 Å². The Hall–Kier alpha value is -3.06. The number of aryl methyl sites for hydroxylation is 1. The monoisotopic (exact) mass is 418 g/mol. The molecule has 0 saturated carbocycles. The second kappa shape index (κ2) is 8.23. The molecule has 2 aliphatic heterocycles. The van der Waals surface area contributed by atoms with Gasteiger partial charge < -0.3 is 14.2 Å². The number of aliphatic imine (C=N–C) groups is 1. The van der Waals surface area contributed by atoms with Gasteiger partial charge in [0.2, 0.25) is 0 Å². The van der Waals surface area contributed by atoms with E-state index in [2.05, 4.69) is 28.1 Å². The fourth-order valence-corrected chi connectivity index (χ4v) is 4.35. The molecule has 1 saturated heterocycles. The average Bonchev–Trinajstić information content (AvgIpc) is 3.50. The molecule has 1 unspecified atom stereocenters. The third-order valence-corrected chi connectivity index (χ3v) is 6.03. The van der Waals surface area contributed by atoms with Crippen molar-refractivity contribution in [1.29, 1.82) is 0 Å². The van der Waals surface area contributed by atoms with E-state index in [1.807, 2.05) is 18.2 Å². The van der Waals surface area contributed by atoms with Crippen LogP contribution in [-0.4, -0.2) is 39.3 Å². The smallest absolute Gasteiger partial charge is 0.274 e. The van der Waals surface area contributed by atoms with E-state index in [9.17, 15) is 4.79 Å². The summed E-state index contributed by atoms with van der Waals surface area (Å²) in [5.74, 6) is 1.21. The van der Waals surface area contributed by atoms with Crippen molar-refractivity contribution in [2.45, 2.75) is 58.5 Å². The number of nitrogens with zero attached hydrogens (tertiary/aromatic N) is 3. The first-order chi connectivity index (χ1) is 15.1. The number of allylic oxidation sites excluding steroid dienone is 1. The minimum atomic E-state index is 0.139. The number of nitrogens with one attached hydrogen (secondary N) is 1. The molecule has 1 fully saturated rings. The van der Waals surface area contributed by atoms with Gasteiger partial charge in [-0.15, -0.1) is 0 Å². The van der Waals surface area contributed by atoms with Crippen LogP contribution in [0, 0.1) is 6.92 Å². The largest absolute Gasteiger partial charge is 0.378 e. The van der Waals surface area contributed by atoms with Gasteiger partial charge >= 0.3 is 0 Å². The Bertz CT molecular complexity index is 1190. The van der Waals surface area contributed by atoms with E-state index in [1.165, 1.54) is 6.42 Å². The summed E-state index contributed by atoms with van der Waals surface area (Å²) in [5.41, 5.74) is 5.47. The number of Topliss-reactive ketones (excluding diaryl/α,β-unsaturated/α-hetero) is 1. The lowest BCUT2D eigenvalue weighted by Gasteiger charge is -2.22. The predicted octanol–water partition coefficient (Wildman–Crippen LogP) is 5.02. The zero-order chi connectivity index (χ0) is 21.4. The summed E-state index contributed by atoms with van der Waals surface area (Å²) in [6.07, 6.45) is 5.53. The lowest BCUT2D eigenvalue weighted by Crippen LogP contribution is -2.21. The van der Waals surface area contributed by atoms with E-state index >= 15 is 0 Å². The molecular formula is C24H26N4O3. The van der Waals surface area contributed by atoms with E-state index in [1.54, 1.807) is 6.92 Å². The molecule has 5 rings (SSSR count). The Kier molecular flexibility index (Phi) is 5.28. The van der Waals surface area contributed by atoms with Gasteiger partial charge in [0.25, 0.3) is 5.89 Å². The summed E-state index contributed by atoms with van der Waals surface area (Å²) in [5, 5.41) is 4.89. The molecule has 0 aliphatic carbocycles. The third kappa shape index (κ3) is 4.10. The number of ketones is 1. The highest BCUT2D eigenvalue weighted by Gasteiger charge is 2.23. The van der Waals surface area contributed by atoms with Crippen molar-refractivity contribution in [3.63, 3.8) is 0 Å². The maximum atomic E-state index is 12.7. The van der Waals surface area contributed by atoms with Gasteiger partial charge in [0.15, 0.2) is 11.6 Å². The number of aromatic nitrogens is 3. The van der Waals surface area contributed by atoms with Crippen molar-refractivity contribution < 1.29 is 14.1 Å². The fourth-order valence-electron chi connectivity index (χ4n) is 4.35. The van der Waals surface area contributed by atoms with Gasteiger partial charge in [0, 0.05) is 35.9 Å². The Balaban J connectivity index is 1.33. The number of benzene rings is 1. The van der Waals surface area contributed by atoms with Crippen molar-refractivity contribution in [1.82, 2.24) is 15.1 Å². The molecule has 7 heteroatoms. The molecule has 4 heterocycles. The van der Waals surface area contributed by atoms with Gasteiger partial charge in [-0.1, -0.05) is 11.2 Å². The molecule has 1 N–H and O–H groups in total. The topological polar surface area (TPSA) is 93.4 Å². The number of fused-ring (bicyclic) bond motifs is 1. The second-order valence-electron chi connectivity index (χ2n) is 8.45. The molecule has 0 spiro atoms. The molecule has 3 aromatic rings. The molecule has 1 aromatic carbocycles. The molecule has 7 nitrogen and oxygen atoms in total. The van der Waals surface area contributed by atoms with Crippen molar-refractivity contribution >= 4 is 28.1 Å². The molecule has 0 radical (unpaired) electrons. The Morgan fingerprint density at radius 3 is 2.90 bits per heavy atom. The first-order valence-electron chi connectivity index (χ1n) is 10.9. The molecule has 160 valence electrons. The standard InChI is InChI=1S/C24H26N4O3/c1-14-11-20(22(29)9-7-18-5-3-4-10-30-18)27-23(14)16-6-8-19-17(12-16)13-21(26-19)24-25-15(2)28-31-24/h6,8,12-13,18,26H,3-5,7,9-11H2,1-2H3. The second-order valence-corrected chi connectivity index (χ2v) is 8.45. The van der Waals surface area contributed by atoms with Gasteiger partial charge in [-0.2, -0.15) is 4.98 Å². The molecule has 31 heavy (non-hydrogen) atoms. The van der Waals surface area contributed by atoms with Crippen molar-refractivity contribution in [2.75, 3.05) is 6.61 Å². The number of hydrogen-bond acceptors (Lipinski definition) is 6. The molecule has 2 aromatic heterocycles. The van der Waals surface area contributed by atoms with Gasteiger partial charge in [0.05, 0.1) is 17.5 Å². The average molecular weight is 418 g/mol. The Morgan fingerprint density at radius 1 is 1.23 bits per heavy atom. The van der Waals surface area contributed by atoms with E-state index < -0.39 is 0 Å². The van der Waals surface area contributed by atoms with Gasteiger partial charge in [0.1, 0.15) is 5.69 Å². The maximum Gasteiger partial charge on any atom is 0.274 e. The van der Waals surface area contributed by atoms with Crippen LogP contribution in [0.25, 0.3) is 28.2 Å². The van der Waals surface area contributed by atoms with Crippen molar-refractivity contribution in [3.8, 4) is 11.6 Å². The van der Waals surface area contributed by atoms with Crippen LogP contribution >= 0.6 is 0 Å². The number of carbonyl (C=O) groups excluding carboxylic acids is 1. The first-order valence-corrected chi connectivity index (χ1v) is 10.9. The molecular weight excluding hydrogens is 392 g/mol. The van der Waals surface area contributed by atoms with Crippen molar-refractivity contribution in [2.24, 2.45) is 4.99 Å². The van der Waals surface area contributed by atoms with E-state index in [-0.39, 0.29) is 11.9 Å². The highest BCUT2D eigenvalue weighted by Crippen LogP contribution is 2.32. The third-order valence-electron chi connectivity index (χ3n) is 6.03. The fraction of sp³-hybridized carbons (Fsp3) is 0.417. The summed E-state index contributed by atoms with van der Waals surface area (Å²) in [6.45, 7) is 4.67. The summed E-state index contributed by atoms with van der Waals surface area (Å²) in [6, 6.07) is 8.14. The van der Waals surface area contributed by atoms with E-state index in [0.717, 1.165) is 59.3 Å². The van der Waals surface area contributed by atoms with Crippen LogP contribution in [0.2, 0.25) is 0 Å². The van der Waals surface area contributed by atoms with E-state index in [0.29, 0.717) is 30.3 Å².